The van der Waals surface area contributed by atoms with Crippen LogP contribution in [0.2, 0.25) is 0 Å². The van der Waals surface area contributed by atoms with Crippen LogP contribution in [-0.2, 0) is 14.3 Å². The molecular weight excluding hydrogens is 449 g/mol. The molecule has 1 aromatic rings. The van der Waals surface area contributed by atoms with Gasteiger partial charge in [-0.2, -0.15) is 0 Å². The van der Waals surface area contributed by atoms with Crippen LogP contribution in [0.4, 0.5) is 29.3 Å². The third-order valence-corrected chi connectivity index (χ3v) is 6.44. The molecule has 8 nitrogen and oxygen atoms in total. The Hall–Kier alpha value is -2.76. The maximum atomic E-state index is 14.9. The van der Waals surface area contributed by atoms with Crippen LogP contribution >= 0.6 is 12.2 Å². The van der Waals surface area contributed by atoms with Gasteiger partial charge in [-0.05, 0) is 30.4 Å². The highest BCUT2D eigenvalue weighted by Gasteiger charge is 2.62. The average molecular weight is 472 g/mol. The number of benzene rings is 1. The molecule has 174 valence electrons. The maximum absolute atomic E-state index is 14.9. The summed E-state index contributed by atoms with van der Waals surface area (Å²) in [5, 5.41) is 0.161. The fraction of sp³-hybridized carbons (Fsp3) is 0.550. The summed E-state index contributed by atoms with van der Waals surface area (Å²) in [6.07, 6.45) is -1.69. The van der Waals surface area contributed by atoms with Crippen LogP contribution in [0, 0.1) is 11.7 Å². The Morgan fingerprint density at radius 3 is 2.50 bits per heavy atom. The van der Waals surface area contributed by atoms with E-state index in [1.807, 2.05) is 0 Å². The number of alkyl halides is 2. The molecular formula is C20H23F3N4O4S. The van der Waals surface area contributed by atoms with Gasteiger partial charge in [0.2, 0.25) is 5.91 Å². The minimum Gasteiger partial charge on any atom is -0.474 e. The number of rotatable bonds is 4. The first-order valence-corrected chi connectivity index (χ1v) is 10.5. The largest absolute Gasteiger partial charge is 0.474 e. The molecule has 2 aliphatic heterocycles. The van der Waals surface area contributed by atoms with Gasteiger partial charge >= 0.3 is 6.09 Å². The van der Waals surface area contributed by atoms with Crippen LogP contribution in [0.1, 0.15) is 6.42 Å². The zero-order valence-corrected chi connectivity index (χ0v) is 18.4. The number of nitrogens with zero attached hydrogens (tertiary/aromatic N) is 4. The van der Waals surface area contributed by atoms with Crippen molar-refractivity contribution in [3.8, 4) is 0 Å². The van der Waals surface area contributed by atoms with E-state index in [9.17, 15) is 22.8 Å². The minimum atomic E-state index is -2.89. The first-order valence-electron chi connectivity index (χ1n) is 10.1. The van der Waals surface area contributed by atoms with E-state index in [4.69, 9.17) is 21.7 Å². The number of ether oxygens (including phenoxy) is 2. The van der Waals surface area contributed by atoms with Crippen molar-refractivity contribution in [2.24, 2.45) is 5.92 Å². The highest BCUT2D eigenvalue weighted by atomic mass is 32.1. The lowest BCUT2D eigenvalue weighted by Gasteiger charge is -2.36. The summed E-state index contributed by atoms with van der Waals surface area (Å²) in [6, 6.07) is 4.41. The molecule has 2 amide bonds. The smallest absolute Gasteiger partial charge is 0.416 e. The van der Waals surface area contributed by atoms with Gasteiger partial charge in [0, 0.05) is 39.6 Å². The second-order valence-corrected chi connectivity index (χ2v) is 8.34. The van der Waals surface area contributed by atoms with Gasteiger partial charge in [0.05, 0.1) is 25.0 Å². The molecule has 2 atom stereocenters. The summed E-state index contributed by atoms with van der Waals surface area (Å²) in [5.74, 6) is -5.18. The molecule has 3 fully saturated rings. The van der Waals surface area contributed by atoms with Gasteiger partial charge in [-0.15, -0.1) is 0 Å². The van der Waals surface area contributed by atoms with Gasteiger partial charge in [-0.1, -0.05) is 0 Å². The Morgan fingerprint density at radius 2 is 1.94 bits per heavy atom. The van der Waals surface area contributed by atoms with Crippen molar-refractivity contribution in [1.29, 1.82) is 0 Å². The summed E-state index contributed by atoms with van der Waals surface area (Å²) in [4.78, 5) is 30.4. The van der Waals surface area contributed by atoms with E-state index in [1.165, 1.54) is 27.9 Å². The third-order valence-electron chi connectivity index (χ3n) is 5.99. The summed E-state index contributed by atoms with van der Waals surface area (Å²) < 4.78 is 51.5. The predicted octanol–water partition coefficient (Wildman–Crippen LogP) is 2.28. The predicted molar refractivity (Wildman–Crippen MR) is 113 cm³/mol. The number of carbonyl (C=O) groups is 2. The van der Waals surface area contributed by atoms with Crippen molar-refractivity contribution in [3.63, 3.8) is 0 Å². The molecule has 32 heavy (non-hydrogen) atoms. The summed E-state index contributed by atoms with van der Waals surface area (Å²) >= 11 is 5.04. The molecule has 1 aliphatic carbocycles. The number of thiocarbonyl (C=S) groups is 1. The molecule has 12 heteroatoms. The molecule has 0 bridgehead atoms. The van der Waals surface area contributed by atoms with E-state index in [-0.39, 0.29) is 24.8 Å². The Morgan fingerprint density at radius 1 is 1.28 bits per heavy atom. The quantitative estimate of drug-likeness (QED) is 0.623. The van der Waals surface area contributed by atoms with Crippen molar-refractivity contribution in [2.75, 3.05) is 56.7 Å². The van der Waals surface area contributed by atoms with Crippen LogP contribution in [0.5, 0.6) is 0 Å². The standard InChI is InChI=1S/C20H23F3N4O4S/c1-24(19(32)30-2)16-11-27(18(29)31-16)12-3-4-15(14(21)9-12)25-5-7-26(8-6-25)17(28)13-10-20(13,22)23/h3-4,9,13,16H,5-8,10-11H2,1-2H3/t13?,16-/m0/s1. The molecule has 0 spiro atoms. The molecule has 3 aliphatic rings. The molecule has 2 heterocycles. The molecule has 0 N–H and O–H groups in total. The number of hydrogen-bond donors (Lipinski definition) is 0. The first kappa shape index (κ1) is 22.4. The van der Waals surface area contributed by atoms with Gasteiger partial charge in [0.15, 0.2) is 6.23 Å². The Labute approximate surface area is 188 Å². The number of methoxy groups -OCH3 is 1. The summed E-state index contributed by atoms with van der Waals surface area (Å²) in [7, 11) is 3.05. The van der Waals surface area contributed by atoms with Crippen molar-refractivity contribution in [1.82, 2.24) is 9.80 Å². The molecule has 1 saturated carbocycles. The van der Waals surface area contributed by atoms with Crippen molar-refractivity contribution in [2.45, 2.75) is 18.6 Å². The monoisotopic (exact) mass is 472 g/mol. The number of piperazine rings is 1. The zero-order valence-electron chi connectivity index (χ0n) is 17.6. The van der Waals surface area contributed by atoms with E-state index in [2.05, 4.69) is 0 Å². The Balaban J connectivity index is 1.38. The molecule has 4 rings (SSSR count). The molecule has 0 aromatic heterocycles. The summed E-state index contributed by atoms with van der Waals surface area (Å²) in [5.41, 5.74) is 0.652. The van der Waals surface area contributed by atoms with E-state index in [1.54, 1.807) is 24.1 Å². The van der Waals surface area contributed by atoms with E-state index in [0.29, 0.717) is 24.5 Å². The number of hydrogen-bond acceptors (Lipinski definition) is 6. The summed E-state index contributed by atoms with van der Waals surface area (Å²) in [6.45, 7) is 1.29. The van der Waals surface area contributed by atoms with Crippen molar-refractivity contribution < 1.29 is 32.2 Å². The average Bonchev–Trinajstić information content (AvgIpc) is 3.24. The fourth-order valence-electron chi connectivity index (χ4n) is 3.91. The van der Waals surface area contributed by atoms with E-state index < -0.39 is 42.3 Å². The molecule has 1 aromatic carbocycles. The second-order valence-electron chi connectivity index (χ2n) is 8.00. The van der Waals surface area contributed by atoms with Gasteiger partial charge < -0.3 is 19.3 Å². The van der Waals surface area contributed by atoms with Gasteiger partial charge in [-0.3, -0.25) is 14.6 Å². The first-order chi connectivity index (χ1) is 15.1. The zero-order chi connectivity index (χ0) is 23.2. The number of amides is 2. The SMILES string of the molecule is COC(=S)N(C)[C@@H]1CN(c2ccc(N3CCN(C(=O)C4CC4(F)F)CC3)c(F)c2)C(=O)O1. The minimum absolute atomic E-state index is 0.143. The topological polar surface area (TPSA) is 65.6 Å². The normalized spacial score (nSPS) is 24.3. The molecule has 0 radical (unpaired) electrons. The van der Waals surface area contributed by atoms with Crippen molar-refractivity contribution >= 4 is 40.8 Å². The van der Waals surface area contributed by atoms with Crippen LogP contribution in [0.15, 0.2) is 18.2 Å². The number of likely N-dealkylation sites (N-methyl/N-ethyl adjacent to an activating group) is 1. The van der Waals surface area contributed by atoms with Crippen LogP contribution in [0.3, 0.4) is 0 Å². The lowest BCUT2D eigenvalue weighted by molar-refractivity contribution is -0.135. The highest BCUT2D eigenvalue weighted by molar-refractivity contribution is 7.80. The van der Waals surface area contributed by atoms with Crippen LogP contribution < -0.4 is 9.80 Å². The molecule has 2 saturated heterocycles. The van der Waals surface area contributed by atoms with E-state index in [0.717, 1.165) is 0 Å². The Kier molecular flexibility index (Phi) is 5.82. The molecule has 1 unspecified atom stereocenters. The lowest BCUT2D eigenvalue weighted by Crippen LogP contribution is -2.49. The van der Waals surface area contributed by atoms with Crippen molar-refractivity contribution in [3.05, 3.63) is 24.0 Å². The number of carbonyl (C=O) groups excluding carboxylic acids is 2. The number of halogens is 3. The van der Waals surface area contributed by atoms with Gasteiger partial charge in [-0.25, -0.2) is 18.0 Å². The van der Waals surface area contributed by atoms with Crippen LogP contribution in [-0.4, -0.2) is 86.0 Å². The second kappa shape index (κ2) is 8.30. The van der Waals surface area contributed by atoms with Crippen LogP contribution in [0.25, 0.3) is 0 Å². The number of anilines is 2. The Bertz CT molecular complexity index is 941. The number of cyclic esters (lactones) is 1. The van der Waals surface area contributed by atoms with Gasteiger partial charge in [0.25, 0.3) is 11.1 Å². The maximum Gasteiger partial charge on any atom is 0.416 e. The third kappa shape index (κ3) is 4.15. The van der Waals surface area contributed by atoms with E-state index >= 15 is 0 Å². The highest BCUT2D eigenvalue weighted by Crippen LogP contribution is 2.49. The lowest BCUT2D eigenvalue weighted by atomic mass is 10.2. The van der Waals surface area contributed by atoms with Gasteiger partial charge in [0.1, 0.15) is 11.7 Å². The fourth-order valence-corrected chi connectivity index (χ4v) is 4.03.